The number of hydrogen-bond donors (Lipinski definition) is 0. The van der Waals surface area contributed by atoms with Crippen molar-refractivity contribution >= 4 is 16.9 Å². The van der Waals surface area contributed by atoms with Crippen molar-refractivity contribution in [3.05, 3.63) is 47.3 Å². The van der Waals surface area contributed by atoms with Crippen molar-refractivity contribution < 1.29 is 4.79 Å². The van der Waals surface area contributed by atoms with Crippen LogP contribution in [-0.2, 0) is 13.6 Å². The maximum absolute atomic E-state index is 12.4. The van der Waals surface area contributed by atoms with Crippen molar-refractivity contribution in [1.29, 1.82) is 0 Å². The summed E-state index contributed by atoms with van der Waals surface area (Å²) < 4.78 is 3.80. The molecule has 0 saturated heterocycles. The van der Waals surface area contributed by atoms with Crippen LogP contribution in [-0.4, -0.2) is 43.5 Å². The Balaban J connectivity index is 1.82. The fourth-order valence-electron chi connectivity index (χ4n) is 3.05. The maximum Gasteiger partial charge on any atom is 0.253 e. The summed E-state index contributed by atoms with van der Waals surface area (Å²) in [6, 6.07) is 7.78. The first-order chi connectivity index (χ1) is 11.5. The molecule has 3 aromatic rings. The number of hydrogen-bond acceptors (Lipinski definition) is 3. The summed E-state index contributed by atoms with van der Waals surface area (Å²) >= 11 is 0. The third-order valence-electron chi connectivity index (χ3n) is 4.40. The Kier molecular flexibility index (Phi) is 4.38. The molecule has 0 spiro atoms. The smallest absolute Gasteiger partial charge is 0.253 e. The molecule has 3 rings (SSSR count). The zero-order valence-electron chi connectivity index (χ0n) is 14.7. The highest BCUT2D eigenvalue weighted by Gasteiger charge is 2.14. The number of nitrogens with zero attached hydrogens (tertiary/aromatic N) is 5. The van der Waals surface area contributed by atoms with Crippen LogP contribution in [0.3, 0.4) is 0 Å². The molecular weight excluding hydrogens is 302 g/mol. The van der Waals surface area contributed by atoms with E-state index in [-0.39, 0.29) is 5.91 Å². The number of aromatic nitrogens is 4. The van der Waals surface area contributed by atoms with E-state index >= 15 is 0 Å². The molecule has 0 unspecified atom stereocenters. The van der Waals surface area contributed by atoms with Gasteiger partial charge in [0.2, 0.25) is 0 Å². The van der Waals surface area contributed by atoms with Crippen molar-refractivity contribution in [1.82, 2.24) is 24.5 Å². The molecular formula is C18H23N5O. The van der Waals surface area contributed by atoms with E-state index in [2.05, 4.69) is 10.2 Å². The van der Waals surface area contributed by atoms with Crippen molar-refractivity contribution in [2.75, 3.05) is 13.1 Å². The average molecular weight is 325 g/mol. The second kappa shape index (κ2) is 6.47. The minimum Gasteiger partial charge on any atom is -0.339 e. The Morgan fingerprint density at radius 2 is 1.83 bits per heavy atom. The summed E-state index contributed by atoms with van der Waals surface area (Å²) in [5, 5.41) is 8.90. The molecule has 0 aliphatic heterocycles. The average Bonchev–Trinajstić information content (AvgIpc) is 3.12. The number of carbonyl (C=O) groups excluding carboxylic acids is 1. The molecule has 0 aliphatic carbocycles. The maximum atomic E-state index is 12.4. The van der Waals surface area contributed by atoms with Gasteiger partial charge in [0.1, 0.15) is 11.0 Å². The van der Waals surface area contributed by atoms with E-state index < -0.39 is 0 Å². The standard InChI is InChI=1S/C18H23N5O/c1-5-22(6-2)18(24)15-9-7-14(8-10-15)12-23-17-13(3)20-21(4)16(17)11-19-23/h7-11H,5-6,12H2,1-4H3. The molecule has 0 N–H and O–H groups in total. The van der Waals surface area contributed by atoms with E-state index in [1.807, 2.05) is 72.5 Å². The van der Waals surface area contributed by atoms with Crippen LogP contribution in [0.15, 0.2) is 30.5 Å². The van der Waals surface area contributed by atoms with Crippen LogP contribution in [0.5, 0.6) is 0 Å². The Morgan fingerprint density at radius 3 is 2.46 bits per heavy atom. The van der Waals surface area contributed by atoms with E-state index in [0.29, 0.717) is 6.54 Å². The van der Waals surface area contributed by atoms with E-state index in [1.165, 1.54) is 0 Å². The van der Waals surface area contributed by atoms with Crippen molar-refractivity contribution in [3.63, 3.8) is 0 Å². The van der Waals surface area contributed by atoms with Crippen LogP contribution in [0.1, 0.15) is 35.5 Å². The first-order valence-electron chi connectivity index (χ1n) is 8.28. The highest BCUT2D eigenvalue weighted by Crippen LogP contribution is 2.18. The quantitative estimate of drug-likeness (QED) is 0.724. The summed E-state index contributed by atoms with van der Waals surface area (Å²) in [6.07, 6.45) is 1.84. The van der Waals surface area contributed by atoms with Gasteiger partial charge < -0.3 is 4.90 Å². The summed E-state index contributed by atoms with van der Waals surface area (Å²) in [4.78, 5) is 14.2. The Bertz CT molecular complexity index is 856. The van der Waals surface area contributed by atoms with Crippen LogP contribution in [0.25, 0.3) is 11.0 Å². The third-order valence-corrected chi connectivity index (χ3v) is 4.40. The predicted octanol–water partition coefficient (Wildman–Crippen LogP) is 2.61. The topological polar surface area (TPSA) is 56.0 Å². The van der Waals surface area contributed by atoms with Gasteiger partial charge in [-0.3, -0.25) is 14.2 Å². The van der Waals surface area contributed by atoms with Gasteiger partial charge in [0.05, 0.1) is 18.4 Å². The lowest BCUT2D eigenvalue weighted by atomic mass is 10.1. The molecule has 1 aromatic carbocycles. The molecule has 6 heteroatoms. The second-order valence-electron chi connectivity index (χ2n) is 5.92. The third kappa shape index (κ3) is 2.79. The van der Waals surface area contributed by atoms with E-state index in [4.69, 9.17) is 0 Å². The first kappa shape index (κ1) is 16.2. The van der Waals surface area contributed by atoms with Gasteiger partial charge in [-0.2, -0.15) is 10.2 Å². The molecule has 0 atom stereocenters. The fourth-order valence-corrected chi connectivity index (χ4v) is 3.05. The Morgan fingerprint density at radius 1 is 1.17 bits per heavy atom. The van der Waals surface area contributed by atoms with Crippen LogP contribution in [0, 0.1) is 6.92 Å². The highest BCUT2D eigenvalue weighted by atomic mass is 16.2. The van der Waals surface area contributed by atoms with Gasteiger partial charge in [0.25, 0.3) is 5.91 Å². The van der Waals surface area contributed by atoms with Gasteiger partial charge in [0.15, 0.2) is 0 Å². The number of fused-ring (bicyclic) bond motifs is 1. The molecule has 126 valence electrons. The van der Waals surface area contributed by atoms with Crippen molar-refractivity contribution in [3.8, 4) is 0 Å². The predicted molar refractivity (Wildman–Crippen MR) is 94.0 cm³/mol. The van der Waals surface area contributed by atoms with Crippen LogP contribution in [0.2, 0.25) is 0 Å². The largest absolute Gasteiger partial charge is 0.339 e. The van der Waals surface area contributed by atoms with Crippen molar-refractivity contribution in [2.45, 2.75) is 27.3 Å². The van der Waals surface area contributed by atoms with E-state index in [0.717, 1.165) is 40.9 Å². The molecule has 0 aliphatic rings. The van der Waals surface area contributed by atoms with Gasteiger partial charge >= 0.3 is 0 Å². The normalized spacial score (nSPS) is 11.2. The van der Waals surface area contributed by atoms with Crippen LogP contribution >= 0.6 is 0 Å². The van der Waals surface area contributed by atoms with E-state index in [9.17, 15) is 4.79 Å². The lowest BCUT2D eigenvalue weighted by molar-refractivity contribution is 0.0773. The summed E-state index contributed by atoms with van der Waals surface area (Å²) in [5.74, 6) is 0.0798. The lowest BCUT2D eigenvalue weighted by Crippen LogP contribution is -2.30. The number of rotatable bonds is 5. The molecule has 1 amide bonds. The summed E-state index contributed by atoms with van der Waals surface area (Å²) in [6.45, 7) is 8.09. The van der Waals surface area contributed by atoms with Crippen LogP contribution in [0.4, 0.5) is 0 Å². The number of aryl methyl sites for hydroxylation is 2. The van der Waals surface area contributed by atoms with E-state index in [1.54, 1.807) is 0 Å². The summed E-state index contributed by atoms with van der Waals surface area (Å²) in [5.41, 5.74) is 4.89. The molecule has 0 bridgehead atoms. The molecule has 0 radical (unpaired) electrons. The molecule has 24 heavy (non-hydrogen) atoms. The SMILES string of the molecule is CCN(CC)C(=O)c1ccc(Cn2ncc3c2c(C)nn3C)cc1. The molecule has 0 fully saturated rings. The fraction of sp³-hybridized carbons (Fsp3) is 0.389. The molecule has 2 aromatic heterocycles. The number of carbonyl (C=O) groups is 1. The molecule has 6 nitrogen and oxygen atoms in total. The zero-order valence-corrected chi connectivity index (χ0v) is 14.7. The Hall–Kier alpha value is -2.63. The lowest BCUT2D eigenvalue weighted by Gasteiger charge is -2.18. The minimum atomic E-state index is 0.0798. The van der Waals surface area contributed by atoms with Gasteiger partial charge in [-0.25, -0.2) is 0 Å². The zero-order chi connectivity index (χ0) is 17.3. The molecule has 0 saturated carbocycles. The van der Waals surface area contributed by atoms with Gasteiger partial charge in [-0.1, -0.05) is 12.1 Å². The van der Waals surface area contributed by atoms with Gasteiger partial charge in [-0.05, 0) is 38.5 Å². The Labute approximate surface area is 141 Å². The number of amides is 1. The van der Waals surface area contributed by atoms with Gasteiger partial charge in [0, 0.05) is 25.7 Å². The second-order valence-corrected chi connectivity index (χ2v) is 5.92. The molecule has 2 heterocycles. The van der Waals surface area contributed by atoms with Gasteiger partial charge in [-0.15, -0.1) is 0 Å². The van der Waals surface area contributed by atoms with Crippen LogP contribution < -0.4 is 0 Å². The minimum absolute atomic E-state index is 0.0798. The highest BCUT2D eigenvalue weighted by molar-refractivity contribution is 5.94. The monoisotopic (exact) mass is 325 g/mol. The first-order valence-corrected chi connectivity index (χ1v) is 8.28. The van der Waals surface area contributed by atoms with Crippen molar-refractivity contribution in [2.24, 2.45) is 7.05 Å². The summed E-state index contributed by atoms with van der Waals surface area (Å²) in [7, 11) is 1.93. The number of benzene rings is 1.